The van der Waals surface area contributed by atoms with Crippen LogP contribution >= 0.6 is 0 Å². The summed E-state index contributed by atoms with van der Waals surface area (Å²) in [6.07, 6.45) is 0.378. The number of rotatable bonds is 4. The lowest BCUT2D eigenvalue weighted by Crippen LogP contribution is -2.28. The number of aldehydes is 2. The monoisotopic (exact) mass is 412 g/mol. The Morgan fingerprint density at radius 2 is 1.37 bits per heavy atom. The maximum absolute atomic E-state index is 13.0. The average Bonchev–Trinajstić information content (AvgIpc) is 2.58. The molecule has 0 aromatic heterocycles. The van der Waals surface area contributed by atoms with Crippen LogP contribution in [-0.2, 0) is 10.1 Å². The summed E-state index contributed by atoms with van der Waals surface area (Å²) in [5, 5.41) is 8.79. The number of carbonyl (C=O) groups excluding carboxylic acids is 2. The SMILES string of the molecule is O=Cc1cccc(F)c1O.O=Cc1cccc(F)c1OS(=O)(=O)C(F)(F)F. The van der Waals surface area contributed by atoms with Crippen molar-refractivity contribution in [2.24, 2.45) is 0 Å². The zero-order chi connectivity index (χ0) is 20.8. The van der Waals surface area contributed by atoms with Crippen molar-refractivity contribution < 1.29 is 49.2 Å². The minimum absolute atomic E-state index is 0.0235. The smallest absolute Gasteiger partial charge is 0.504 e. The van der Waals surface area contributed by atoms with E-state index in [2.05, 4.69) is 4.18 Å². The van der Waals surface area contributed by atoms with Crippen molar-refractivity contribution in [3.63, 3.8) is 0 Å². The summed E-state index contributed by atoms with van der Waals surface area (Å²) in [5.74, 6) is -4.02. The molecular weight excluding hydrogens is 403 g/mol. The molecule has 0 aliphatic heterocycles. The van der Waals surface area contributed by atoms with E-state index in [9.17, 15) is 40.0 Å². The Bertz CT molecular complexity index is 940. The number of phenols is 1. The number of para-hydroxylation sites is 2. The van der Waals surface area contributed by atoms with Gasteiger partial charge in [-0.2, -0.15) is 21.6 Å². The summed E-state index contributed by atoms with van der Waals surface area (Å²) < 4.78 is 86.1. The van der Waals surface area contributed by atoms with E-state index in [-0.39, 0.29) is 11.8 Å². The van der Waals surface area contributed by atoms with Crippen LogP contribution in [0, 0.1) is 11.6 Å². The van der Waals surface area contributed by atoms with Crippen molar-refractivity contribution in [1.82, 2.24) is 0 Å². The highest BCUT2D eigenvalue weighted by atomic mass is 32.2. The van der Waals surface area contributed by atoms with Crippen LogP contribution in [0.25, 0.3) is 0 Å². The summed E-state index contributed by atoms with van der Waals surface area (Å²) in [6.45, 7) is 0. The minimum Gasteiger partial charge on any atom is -0.504 e. The van der Waals surface area contributed by atoms with Crippen LogP contribution in [0.1, 0.15) is 20.7 Å². The standard InChI is InChI=1S/C8H4F4O4S.C7H5FO2/c9-6-3-1-2-5(4-13)7(6)16-17(14,15)8(10,11)12;8-6-3-1-2-5(4-9)7(6)10/h1-4H;1-4,10H. The highest BCUT2D eigenvalue weighted by Gasteiger charge is 2.49. The molecule has 0 radical (unpaired) electrons. The second-order valence-corrected chi connectivity index (χ2v) is 6.09. The van der Waals surface area contributed by atoms with Gasteiger partial charge >= 0.3 is 15.6 Å². The molecule has 0 amide bonds. The molecule has 2 aromatic carbocycles. The molecule has 6 nitrogen and oxygen atoms in total. The van der Waals surface area contributed by atoms with E-state index in [1.165, 1.54) is 12.1 Å². The Kier molecular flexibility index (Phi) is 6.99. The van der Waals surface area contributed by atoms with E-state index in [1.54, 1.807) is 0 Å². The number of carbonyl (C=O) groups is 2. The number of halogens is 5. The van der Waals surface area contributed by atoms with Gasteiger partial charge in [0.1, 0.15) is 0 Å². The van der Waals surface area contributed by atoms with Crippen molar-refractivity contribution in [2.45, 2.75) is 5.51 Å². The Hall–Kier alpha value is -3.02. The lowest BCUT2D eigenvalue weighted by molar-refractivity contribution is -0.0501. The Balaban J connectivity index is 0.000000309. The first kappa shape index (κ1) is 22.0. The molecule has 0 spiro atoms. The van der Waals surface area contributed by atoms with Gasteiger partial charge in [0, 0.05) is 0 Å². The minimum atomic E-state index is -6.00. The van der Waals surface area contributed by atoms with Gasteiger partial charge in [-0.25, -0.2) is 8.78 Å². The molecule has 0 heterocycles. The Morgan fingerprint density at radius 1 is 0.889 bits per heavy atom. The van der Waals surface area contributed by atoms with Crippen LogP contribution in [0.15, 0.2) is 36.4 Å². The fourth-order valence-corrected chi connectivity index (χ4v) is 1.98. The Morgan fingerprint density at radius 3 is 1.81 bits per heavy atom. The maximum Gasteiger partial charge on any atom is 0.534 e. The number of hydrogen-bond acceptors (Lipinski definition) is 6. The van der Waals surface area contributed by atoms with Gasteiger partial charge in [0.25, 0.3) is 0 Å². The molecule has 2 rings (SSSR count). The van der Waals surface area contributed by atoms with Gasteiger partial charge in [0.05, 0.1) is 11.1 Å². The second-order valence-electron chi connectivity index (χ2n) is 4.55. The fourth-order valence-electron chi connectivity index (χ4n) is 1.49. The van der Waals surface area contributed by atoms with Crippen molar-refractivity contribution >= 4 is 22.7 Å². The summed E-state index contributed by atoms with van der Waals surface area (Å²) in [6, 6.07) is 6.38. The lowest BCUT2D eigenvalue weighted by atomic mass is 10.2. The summed E-state index contributed by atoms with van der Waals surface area (Å²) in [7, 11) is -6.00. The number of aromatic hydroxyl groups is 1. The molecule has 0 saturated heterocycles. The quantitative estimate of drug-likeness (QED) is 0.359. The average molecular weight is 412 g/mol. The zero-order valence-electron chi connectivity index (χ0n) is 12.9. The highest BCUT2D eigenvalue weighted by Crippen LogP contribution is 2.30. The number of phenolic OH excluding ortho intramolecular Hbond substituents is 1. The van der Waals surface area contributed by atoms with Gasteiger partial charge in [0.2, 0.25) is 0 Å². The van der Waals surface area contributed by atoms with Gasteiger partial charge in [-0.3, -0.25) is 9.59 Å². The molecule has 0 unspecified atom stereocenters. The van der Waals surface area contributed by atoms with Crippen molar-refractivity contribution in [2.75, 3.05) is 0 Å². The van der Waals surface area contributed by atoms with Crippen LogP contribution in [0.5, 0.6) is 11.5 Å². The lowest BCUT2D eigenvalue weighted by Gasteiger charge is -2.11. The molecule has 1 N–H and O–H groups in total. The van der Waals surface area contributed by atoms with Gasteiger partial charge in [-0.05, 0) is 24.3 Å². The summed E-state index contributed by atoms with van der Waals surface area (Å²) >= 11 is 0. The molecular formula is C15H9F5O6S. The third-order valence-corrected chi connectivity index (χ3v) is 3.70. The van der Waals surface area contributed by atoms with Gasteiger partial charge in [-0.1, -0.05) is 12.1 Å². The molecule has 12 heteroatoms. The van der Waals surface area contributed by atoms with Gasteiger partial charge in [0.15, 0.2) is 35.7 Å². The van der Waals surface area contributed by atoms with Crippen LogP contribution in [0.2, 0.25) is 0 Å². The maximum atomic E-state index is 13.0. The molecule has 0 atom stereocenters. The Labute approximate surface area is 148 Å². The molecule has 0 fully saturated rings. The van der Waals surface area contributed by atoms with Crippen LogP contribution in [0.3, 0.4) is 0 Å². The van der Waals surface area contributed by atoms with E-state index < -0.39 is 44.3 Å². The third-order valence-electron chi connectivity index (χ3n) is 2.75. The molecule has 2 aromatic rings. The highest BCUT2D eigenvalue weighted by molar-refractivity contribution is 7.88. The topological polar surface area (TPSA) is 97.7 Å². The summed E-state index contributed by atoms with van der Waals surface area (Å²) in [5.41, 5.74) is -6.37. The third kappa shape index (κ3) is 5.48. The van der Waals surface area contributed by atoms with E-state index in [1.807, 2.05) is 0 Å². The first-order valence-corrected chi connectivity index (χ1v) is 8.02. The second kappa shape index (κ2) is 8.58. The van der Waals surface area contributed by atoms with E-state index in [0.717, 1.165) is 18.2 Å². The predicted octanol–water partition coefficient (Wildman–Crippen LogP) is 3.21. The van der Waals surface area contributed by atoms with Crippen LogP contribution in [-0.4, -0.2) is 31.6 Å². The van der Waals surface area contributed by atoms with E-state index in [0.29, 0.717) is 12.4 Å². The van der Waals surface area contributed by atoms with Crippen LogP contribution < -0.4 is 4.18 Å². The summed E-state index contributed by atoms with van der Waals surface area (Å²) in [4.78, 5) is 20.4. The normalized spacial score (nSPS) is 11.1. The van der Waals surface area contributed by atoms with Gasteiger partial charge in [-0.15, -0.1) is 0 Å². The van der Waals surface area contributed by atoms with Crippen molar-refractivity contribution in [3.8, 4) is 11.5 Å². The van der Waals surface area contributed by atoms with Crippen molar-refractivity contribution in [1.29, 1.82) is 0 Å². The number of alkyl halides is 3. The van der Waals surface area contributed by atoms with Crippen LogP contribution in [0.4, 0.5) is 22.0 Å². The molecule has 0 saturated carbocycles. The first-order chi connectivity index (χ1) is 12.4. The fraction of sp³-hybridized carbons (Fsp3) is 0.0667. The number of hydrogen-bond donors (Lipinski definition) is 1. The molecule has 146 valence electrons. The largest absolute Gasteiger partial charge is 0.534 e. The molecule has 0 aliphatic carbocycles. The first-order valence-electron chi connectivity index (χ1n) is 6.61. The zero-order valence-corrected chi connectivity index (χ0v) is 13.7. The van der Waals surface area contributed by atoms with Crippen molar-refractivity contribution in [3.05, 3.63) is 59.2 Å². The number of benzene rings is 2. The molecule has 0 aliphatic rings. The van der Waals surface area contributed by atoms with E-state index in [4.69, 9.17) is 5.11 Å². The predicted molar refractivity (Wildman–Crippen MR) is 80.8 cm³/mol. The molecule has 27 heavy (non-hydrogen) atoms. The van der Waals surface area contributed by atoms with E-state index >= 15 is 0 Å². The molecule has 0 bridgehead atoms. The van der Waals surface area contributed by atoms with Gasteiger partial charge < -0.3 is 9.29 Å².